The van der Waals surface area contributed by atoms with Gasteiger partial charge in [-0.1, -0.05) is 72.5 Å². The van der Waals surface area contributed by atoms with E-state index in [1.807, 2.05) is 60.7 Å². The van der Waals surface area contributed by atoms with E-state index in [4.69, 9.17) is 0 Å². The Kier molecular flexibility index (Phi) is 5.15. The van der Waals surface area contributed by atoms with Crippen LogP contribution < -0.4 is 11.2 Å². The molecule has 146 valence electrons. The molecule has 3 aromatic carbocycles. The maximum absolute atomic E-state index is 13.5. The molecule has 4 aromatic rings. The smallest absolute Gasteiger partial charge is 0.287 e. The molecule has 0 fully saturated rings. The lowest BCUT2D eigenvalue weighted by Gasteiger charge is -2.13. The Morgan fingerprint density at radius 2 is 1.63 bits per heavy atom. The molecule has 1 N–H and O–H groups in total. The van der Waals surface area contributed by atoms with Gasteiger partial charge < -0.3 is 0 Å². The summed E-state index contributed by atoms with van der Waals surface area (Å²) in [5.74, 6) is 5.52. The molecule has 0 radical (unpaired) electrons. The summed E-state index contributed by atoms with van der Waals surface area (Å²) in [5.41, 5.74) is 0.253. The highest BCUT2D eigenvalue weighted by Crippen LogP contribution is 2.21. The van der Waals surface area contributed by atoms with Crippen LogP contribution in [-0.4, -0.2) is 15.3 Å². The molecule has 0 saturated carbocycles. The van der Waals surface area contributed by atoms with Gasteiger partial charge in [0.2, 0.25) is 5.78 Å². The molecule has 0 atom stereocenters. The third-order valence-electron chi connectivity index (χ3n) is 4.92. The van der Waals surface area contributed by atoms with E-state index in [-0.39, 0.29) is 23.6 Å². The van der Waals surface area contributed by atoms with Crippen molar-refractivity contribution in [3.05, 3.63) is 116 Å². The van der Waals surface area contributed by atoms with Gasteiger partial charge in [-0.05, 0) is 29.8 Å². The third kappa shape index (κ3) is 3.59. The summed E-state index contributed by atoms with van der Waals surface area (Å²) in [6.45, 7) is 1.52. The number of nitrogens with zero attached hydrogens (tertiary/aromatic N) is 1. The molecule has 0 aliphatic carbocycles. The van der Waals surface area contributed by atoms with E-state index < -0.39 is 11.2 Å². The summed E-state index contributed by atoms with van der Waals surface area (Å²) in [7, 11) is 0. The molecule has 0 aliphatic rings. The highest BCUT2D eigenvalue weighted by molar-refractivity contribution is 6.16. The number of benzene rings is 3. The van der Waals surface area contributed by atoms with Crippen molar-refractivity contribution < 1.29 is 4.79 Å². The van der Waals surface area contributed by atoms with Gasteiger partial charge in [-0.25, -0.2) is 4.79 Å². The fourth-order valence-corrected chi connectivity index (χ4v) is 3.41. The molecule has 0 saturated heterocycles. The van der Waals surface area contributed by atoms with Gasteiger partial charge >= 0.3 is 5.69 Å². The van der Waals surface area contributed by atoms with E-state index >= 15 is 0 Å². The molecule has 1 heterocycles. The Hall–Kier alpha value is -4.17. The lowest BCUT2D eigenvalue weighted by Crippen LogP contribution is -2.36. The molecule has 5 nitrogen and oxygen atoms in total. The van der Waals surface area contributed by atoms with Gasteiger partial charge in [0, 0.05) is 16.7 Å². The van der Waals surface area contributed by atoms with E-state index in [2.05, 4.69) is 16.8 Å². The SMILES string of the molecule is Cc1c(C(=O)c2cccc3ccccc23)n(CC#Cc2ccccc2)c(=O)[nH]c1=O. The van der Waals surface area contributed by atoms with Gasteiger partial charge in [-0.3, -0.25) is 19.1 Å². The zero-order valence-corrected chi connectivity index (χ0v) is 16.3. The van der Waals surface area contributed by atoms with Gasteiger partial charge in [-0.2, -0.15) is 0 Å². The molecule has 4 rings (SSSR count). The van der Waals surface area contributed by atoms with Crippen molar-refractivity contribution in [2.24, 2.45) is 0 Å². The van der Waals surface area contributed by atoms with Crippen LogP contribution in [0.2, 0.25) is 0 Å². The monoisotopic (exact) mass is 394 g/mol. The lowest BCUT2D eigenvalue weighted by atomic mass is 9.98. The van der Waals surface area contributed by atoms with Crippen LogP contribution in [0.3, 0.4) is 0 Å². The average Bonchev–Trinajstić information content (AvgIpc) is 2.77. The summed E-state index contributed by atoms with van der Waals surface area (Å²) in [6.07, 6.45) is 0. The minimum absolute atomic E-state index is 0.0167. The Balaban J connectivity index is 1.85. The number of aromatic amines is 1. The highest BCUT2D eigenvalue weighted by atomic mass is 16.2. The first-order valence-electron chi connectivity index (χ1n) is 9.46. The zero-order chi connectivity index (χ0) is 21.1. The number of carbonyl (C=O) groups is 1. The van der Waals surface area contributed by atoms with Crippen molar-refractivity contribution in [3.8, 4) is 11.8 Å². The molecular formula is C25H18N2O3. The Morgan fingerprint density at radius 1 is 0.933 bits per heavy atom. The van der Waals surface area contributed by atoms with Crippen molar-refractivity contribution in [2.45, 2.75) is 13.5 Å². The second-order valence-corrected chi connectivity index (χ2v) is 6.84. The van der Waals surface area contributed by atoms with Crippen molar-refractivity contribution in [3.63, 3.8) is 0 Å². The summed E-state index contributed by atoms with van der Waals surface area (Å²) in [5, 5.41) is 1.67. The standard InChI is InChI=1S/C25H18N2O3/c1-17-22(23(28)21-15-7-13-19-12-5-6-14-20(19)21)27(25(30)26-24(17)29)16-8-11-18-9-3-2-4-10-18/h2-7,9-10,12-15H,16H2,1H3,(H,26,29,30). The van der Waals surface area contributed by atoms with Crippen molar-refractivity contribution in [2.75, 3.05) is 0 Å². The largest absolute Gasteiger partial charge is 0.329 e. The van der Waals surface area contributed by atoms with Crippen LogP contribution in [-0.2, 0) is 6.54 Å². The Labute approximate surface area is 172 Å². The summed E-state index contributed by atoms with van der Waals surface area (Å²) in [6, 6.07) is 22.3. The molecule has 0 spiro atoms. The van der Waals surface area contributed by atoms with Gasteiger partial charge in [-0.15, -0.1) is 0 Å². The van der Waals surface area contributed by atoms with Crippen LogP contribution in [0.5, 0.6) is 0 Å². The quantitative estimate of drug-likeness (QED) is 0.428. The third-order valence-corrected chi connectivity index (χ3v) is 4.92. The molecular weight excluding hydrogens is 376 g/mol. The Bertz CT molecular complexity index is 1430. The van der Waals surface area contributed by atoms with E-state index in [9.17, 15) is 14.4 Å². The minimum Gasteiger partial charge on any atom is -0.287 e. The van der Waals surface area contributed by atoms with Crippen molar-refractivity contribution in [1.82, 2.24) is 9.55 Å². The highest BCUT2D eigenvalue weighted by Gasteiger charge is 2.21. The summed E-state index contributed by atoms with van der Waals surface area (Å²) < 4.78 is 1.23. The molecule has 1 aromatic heterocycles. The average molecular weight is 394 g/mol. The summed E-state index contributed by atoms with van der Waals surface area (Å²) in [4.78, 5) is 40.5. The van der Waals surface area contributed by atoms with Gasteiger partial charge in [0.15, 0.2) is 0 Å². The minimum atomic E-state index is -0.656. The van der Waals surface area contributed by atoms with Crippen molar-refractivity contribution in [1.29, 1.82) is 0 Å². The van der Waals surface area contributed by atoms with Crippen LogP contribution in [0, 0.1) is 18.8 Å². The van der Waals surface area contributed by atoms with E-state index in [0.717, 1.165) is 16.3 Å². The second kappa shape index (κ2) is 8.06. The number of ketones is 1. The van der Waals surface area contributed by atoms with Crippen molar-refractivity contribution >= 4 is 16.6 Å². The number of H-pyrrole nitrogens is 1. The van der Waals surface area contributed by atoms with Crippen LogP contribution in [0.25, 0.3) is 10.8 Å². The van der Waals surface area contributed by atoms with E-state index in [1.165, 1.54) is 11.5 Å². The number of hydrogen-bond donors (Lipinski definition) is 1. The zero-order valence-electron chi connectivity index (χ0n) is 16.3. The van der Waals surface area contributed by atoms with Gasteiger partial charge in [0.05, 0.1) is 6.54 Å². The predicted octanol–water partition coefficient (Wildman–Crippen LogP) is 3.28. The van der Waals surface area contributed by atoms with Gasteiger partial charge in [0.1, 0.15) is 5.69 Å². The topological polar surface area (TPSA) is 71.9 Å². The van der Waals surface area contributed by atoms with Crippen LogP contribution in [0.15, 0.2) is 82.4 Å². The fourth-order valence-electron chi connectivity index (χ4n) is 3.41. The second-order valence-electron chi connectivity index (χ2n) is 6.84. The predicted molar refractivity (Wildman–Crippen MR) is 117 cm³/mol. The maximum Gasteiger partial charge on any atom is 0.329 e. The summed E-state index contributed by atoms with van der Waals surface area (Å²) >= 11 is 0. The maximum atomic E-state index is 13.5. The molecule has 30 heavy (non-hydrogen) atoms. The first kappa shape index (κ1) is 19.2. The molecule has 5 heteroatoms. The van der Waals surface area contributed by atoms with E-state index in [0.29, 0.717) is 5.56 Å². The number of nitrogens with one attached hydrogen (secondary N) is 1. The number of rotatable bonds is 3. The molecule has 0 aliphatic heterocycles. The van der Waals surface area contributed by atoms with Crippen LogP contribution in [0.4, 0.5) is 0 Å². The first-order chi connectivity index (χ1) is 14.6. The molecule has 0 amide bonds. The van der Waals surface area contributed by atoms with Crippen LogP contribution >= 0.6 is 0 Å². The lowest BCUT2D eigenvalue weighted by molar-refractivity contribution is 0.103. The number of aromatic nitrogens is 2. The number of carbonyl (C=O) groups excluding carboxylic acids is 1. The van der Waals surface area contributed by atoms with E-state index in [1.54, 1.807) is 12.1 Å². The molecule has 0 unspecified atom stereocenters. The molecule has 0 bridgehead atoms. The Morgan fingerprint density at radius 3 is 2.43 bits per heavy atom. The van der Waals surface area contributed by atoms with Crippen LogP contribution in [0.1, 0.15) is 27.2 Å². The normalized spacial score (nSPS) is 10.4. The van der Waals surface area contributed by atoms with Gasteiger partial charge in [0.25, 0.3) is 5.56 Å². The number of fused-ring (bicyclic) bond motifs is 1. The fraction of sp³-hybridized carbons (Fsp3) is 0.0800. The number of hydrogen-bond acceptors (Lipinski definition) is 3. The first-order valence-corrected chi connectivity index (χ1v) is 9.46.